The summed E-state index contributed by atoms with van der Waals surface area (Å²) in [4.78, 5) is 11.6. The first-order valence-corrected chi connectivity index (χ1v) is 6.54. The number of nitrogens with zero attached hydrogens (tertiary/aromatic N) is 3. The van der Waals surface area contributed by atoms with E-state index in [1.54, 1.807) is 17.1 Å². The van der Waals surface area contributed by atoms with Gasteiger partial charge in [-0.25, -0.2) is 0 Å². The number of hydrogen-bond acceptors (Lipinski definition) is 4. The lowest BCUT2D eigenvalue weighted by molar-refractivity contribution is -0.121. The summed E-state index contributed by atoms with van der Waals surface area (Å²) in [5.41, 5.74) is 0. The van der Waals surface area contributed by atoms with Crippen LogP contribution in [0.25, 0.3) is 0 Å². The van der Waals surface area contributed by atoms with Gasteiger partial charge in [-0.05, 0) is 12.8 Å². The van der Waals surface area contributed by atoms with Gasteiger partial charge in [-0.3, -0.25) is 9.48 Å². The fraction of sp³-hybridized carbons (Fsp3) is 0.750. The van der Waals surface area contributed by atoms with E-state index >= 15 is 0 Å². The van der Waals surface area contributed by atoms with Crippen molar-refractivity contribution < 1.29 is 9.90 Å². The monoisotopic (exact) mass is 252 g/mol. The van der Waals surface area contributed by atoms with Crippen LogP contribution in [0.4, 0.5) is 0 Å². The van der Waals surface area contributed by atoms with E-state index in [1.807, 2.05) is 0 Å². The average molecular weight is 252 g/mol. The van der Waals surface area contributed by atoms with Gasteiger partial charge >= 0.3 is 0 Å². The Hall–Kier alpha value is -1.43. The first-order valence-electron chi connectivity index (χ1n) is 6.54. The maximum Gasteiger partial charge on any atom is 0.221 e. The molecule has 2 unspecified atom stereocenters. The van der Waals surface area contributed by atoms with Crippen LogP contribution in [0.2, 0.25) is 0 Å². The maximum absolute atomic E-state index is 11.6. The second-order valence-electron chi connectivity index (χ2n) is 4.83. The molecule has 1 saturated carbocycles. The van der Waals surface area contributed by atoms with Gasteiger partial charge in [0, 0.05) is 25.1 Å². The summed E-state index contributed by atoms with van der Waals surface area (Å²) in [7, 11) is 0. The van der Waals surface area contributed by atoms with Crippen LogP contribution in [0.1, 0.15) is 32.1 Å². The Morgan fingerprint density at radius 3 is 3.00 bits per heavy atom. The molecule has 100 valence electrons. The highest BCUT2D eigenvalue weighted by Gasteiger charge is 2.23. The van der Waals surface area contributed by atoms with Crippen LogP contribution in [0.5, 0.6) is 0 Å². The minimum atomic E-state index is -0.255. The topological polar surface area (TPSA) is 80.0 Å². The minimum Gasteiger partial charge on any atom is -0.393 e. The Morgan fingerprint density at radius 1 is 1.44 bits per heavy atom. The molecule has 2 N–H and O–H groups in total. The molecule has 6 nitrogen and oxygen atoms in total. The van der Waals surface area contributed by atoms with Crippen molar-refractivity contribution in [3.63, 3.8) is 0 Å². The number of aliphatic hydroxyl groups excluding tert-OH is 1. The Kier molecular flexibility index (Phi) is 4.69. The average Bonchev–Trinajstić information content (AvgIpc) is 2.88. The molecule has 0 saturated heterocycles. The first kappa shape index (κ1) is 13.0. The second-order valence-corrected chi connectivity index (χ2v) is 4.83. The lowest BCUT2D eigenvalue weighted by atomic mass is 9.86. The third-order valence-corrected chi connectivity index (χ3v) is 3.47. The van der Waals surface area contributed by atoms with E-state index in [1.165, 1.54) is 0 Å². The summed E-state index contributed by atoms with van der Waals surface area (Å²) in [6, 6.07) is 0. The molecule has 0 spiro atoms. The molecule has 2 atom stereocenters. The van der Waals surface area contributed by atoms with Crippen LogP contribution in [0.15, 0.2) is 12.4 Å². The van der Waals surface area contributed by atoms with E-state index in [9.17, 15) is 9.90 Å². The van der Waals surface area contributed by atoms with Gasteiger partial charge in [0.2, 0.25) is 5.91 Å². The predicted octanol–water partition coefficient (Wildman–Crippen LogP) is 0.335. The Labute approximate surface area is 106 Å². The molecule has 1 heterocycles. The number of aryl methyl sites for hydroxylation is 1. The number of aromatic nitrogens is 3. The van der Waals surface area contributed by atoms with Crippen LogP contribution in [-0.2, 0) is 11.3 Å². The lowest BCUT2D eigenvalue weighted by Crippen LogP contribution is -2.36. The van der Waals surface area contributed by atoms with E-state index < -0.39 is 0 Å². The van der Waals surface area contributed by atoms with Gasteiger partial charge in [0.1, 0.15) is 0 Å². The SMILES string of the molecule is O=C(CCn1ccnn1)NCC1CCCCC1O. The Balaban J connectivity index is 1.65. The van der Waals surface area contributed by atoms with Gasteiger partial charge in [0.15, 0.2) is 0 Å². The van der Waals surface area contributed by atoms with E-state index in [2.05, 4.69) is 15.6 Å². The smallest absolute Gasteiger partial charge is 0.221 e. The second kappa shape index (κ2) is 6.49. The van der Waals surface area contributed by atoms with Crippen molar-refractivity contribution in [3.8, 4) is 0 Å². The zero-order valence-corrected chi connectivity index (χ0v) is 10.5. The van der Waals surface area contributed by atoms with Crippen LogP contribution >= 0.6 is 0 Å². The molecular formula is C12H20N4O2. The summed E-state index contributed by atoms with van der Waals surface area (Å²) >= 11 is 0. The molecule has 1 aromatic heterocycles. The number of aliphatic hydroxyl groups is 1. The summed E-state index contributed by atoms with van der Waals surface area (Å²) in [5.74, 6) is 0.220. The van der Waals surface area contributed by atoms with E-state index in [-0.39, 0.29) is 17.9 Å². The molecule has 1 fully saturated rings. The maximum atomic E-state index is 11.6. The normalized spacial score (nSPS) is 23.8. The van der Waals surface area contributed by atoms with Gasteiger partial charge in [-0.2, -0.15) is 0 Å². The molecule has 0 aromatic carbocycles. The highest BCUT2D eigenvalue weighted by molar-refractivity contribution is 5.75. The fourth-order valence-electron chi connectivity index (χ4n) is 2.33. The molecule has 1 amide bonds. The van der Waals surface area contributed by atoms with Crippen molar-refractivity contribution in [2.45, 2.75) is 44.8 Å². The quantitative estimate of drug-likeness (QED) is 0.791. The molecule has 1 aromatic rings. The van der Waals surface area contributed by atoms with Crippen molar-refractivity contribution in [1.82, 2.24) is 20.3 Å². The van der Waals surface area contributed by atoms with Crippen molar-refractivity contribution >= 4 is 5.91 Å². The molecule has 1 aliphatic rings. The number of nitrogens with one attached hydrogen (secondary N) is 1. The van der Waals surface area contributed by atoms with Gasteiger partial charge in [0.25, 0.3) is 0 Å². The zero-order chi connectivity index (χ0) is 12.8. The number of carbonyl (C=O) groups excluding carboxylic acids is 1. The standard InChI is InChI=1S/C12H20N4O2/c17-11-4-2-1-3-10(11)9-13-12(18)5-7-16-8-6-14-15-16/h6,8,10-11,17H,1-5,7,9H2,(H,13,18). The highest BCUT2D eigenvalue weighted by atomic mass is 16.3. The largest absolute Gasteiger partial charge is 0.393 e. The molecular weight excluding hydrogens is 232 g/mol. The van der Waals surface area contributed by atoms with Gasteiger partial charge in [-0.1, -0.05) is 18.1 Å². The third-order valence-electron chi connectivity index (χ3n) is 3.47. The predicted molar refractivity (Wildman–Crippen MR) is 65.6 cm³/mol. The van der Waals surface area contributed by atoms with Gasteiger partial charge < -0.3 is 10.4 Å². The molecule has 18 heavy (non-hydrogen) atoms. The Bertz CT molecular complexity index is 366. The van der Waals surface area contributed by atoms with Crippen molar-refractivity contribution in [2.24, 2.45) is 5.92 Å². The molecule has 6 heteroatoms. The Morgan fingerprint density at radius 2 is 2.28 bits per heavy atom. The summed E-state index contributed by atoms with van der Waals surface area (Å²) in [6.07, 6.45) is 7.58. The van der Waals surface area contributed by atoms with Crippen LogP contribution in [0, 0.1) is 5.92 Å². The molecule has 2 rings (SSSR count). The number of carbonyl (C=O) groups is 1. The van der Waals surface area contributed by atoms with Crippen molar-refractivity contribution in [2.75, 3.05) is 6.54 Å². The van der Waals surface area contributed by atoms with E-state index in [0.29, 0.717) is 19.5 Å². The molecule has 0 aliphatic heterocycles. The first-order chi connectivity index (χ1) is 8.75. The number of hydrogen-bond donors (Lipinski definition) is 2. The third kappa shape index (κ3) is 3.80. The van der Waals surface area contributed by atoms with Crippen LogP contribution < -0.4 is 5.32 Å². The fourth-order valence-corrected chi connectivity index (χ4v) is 2.33. The lowest BCUT2D eigenvalue weighted by Gasteiger charge is -2.27. The van der Waals surface area contributed by atoms with Crippen molar-refractivity contribution in [1.29, 1.82) is 0 Å². The van der Waals surface area contributed by atoms with Gasteiger partial charge in [-0.15, -0.1) is 5.10 Å². The van der Waals surface area contributed by atoms with E-state index in [4.69, 9.17) is 0 Å². The van der Waals surface area contributed by atoms with Crippen LogP contribution in [0.3, 0.4) is 0 Å². The van der Waals surface area contributed by atoms with Gasteiger partial charge in [0.05, 0.1) is 18.8 Å². The summed E-state index contributed by atoms with van der Waals surface area (Å²) in [6.45, 7) is 1.12. The van der Waals surface area contributed by atoms with Crippen LogP contribution in [-0.4, -0.2) is 38.7 Å². The van der Waals surface area contributed by atoms with Crippen molar-refractivity contribution in [3.05, 3.63) is 12.4 Å². The summed E-state index contributed by atoms with van der Waals surface area (Å²) in [5, 5.41) is 20.1. The van der Waals surface area contributed by atoms with E-state index in [0.717, 1.165) is 25.7 Å². The zero-order valence-electron chi connectivity index (χ0n) is 10.5. The molecule has 1 aliphatic carbocycles. The molecule has 0 bridgehead atoms. The number of rotatable bonds is 5. The number of amides is 1. The minimum absolute atomic E-state index is 0.00303. The summed E-state index contributed by atoms with van der Waals surface area (Å²) < 4.78 is 1.63. The highest BCUT2D eigenvalue weighted by Crippen LogP contribution is 2.23. The molecule has 0 radical (unpaired) electrons.